The fourth-order valence-electron chi connectivity index (χ4n) is 2.22. The molecule has 1 aliphatic heterocycles. The van der Waals surface area contributed by atoms with Crippen molar-refractivity contribution in [3.8, 4) is 0 Å². The molecule has 4 atom stereocenters. The van der Waals surface area contributed by atoms with Gasteiger partial charge in [-0.15, -0.1) is 11.6 Å². The molecule has 14 heavy (non-hydrogen) atoms. The van der Waals surface area contributed by atoms with Gasteiger partial charge in [0.2, 0.25) is 0 Å². The van der Waals surface area contributed by atoms with Crippen LogP contribution in [0.4, 0.5) is 0 Å². The van der Waals surface area contributed by atoms with Crippen molar-refractivity contribution in [3.63, 3.8) is 0 Å². The molecule has 1 aliphatic rings. The van der Waals surface area contributed by atoms with Crippen molar-refractivity contribution >= 4 is 11.6 Å². The lowest BCUT2D eigenvalue weighted by Gasteiger charge is -2.41. The van der Waals surface area contributed by atoms with Gasteiger partial charge in [-0.2, -0.15) is 0 Å². The predicted octanol–water partition coefficient (Wildman–Crippen LogP) is 3.70. The van der Waals surface area contributed by atoms with Crippen LogP contribution in [0.15, 0.2) is 0 Å². The van der Waals surface area contributed by atoms with E-state index in [-0.39, 0.29) is 5.38 Å². The first-order chi connectivity index (χ1) is 6.43. The van der Waals surface area contributed by atoms with Crippen LogP contribution < -0.4 is 0 Å². The molecule has 0 bridgehead atoms. The van der Waals surface area contributed by atoms with Crippen molar-refractivity contribution in [2.75, 3.05) is 0 Å². The molecule has 0 N–H and O–H groups in total. The summed E-state index contributed by atoms with van der Waals surface area (Å²) in [6, 6.07) is 0. The van der Waals surface area contributed by atoms with E-state index in [2.05, 4.69) is 34.6 Å². The molecule has 1 rings (SSSR count). The van der Waals surface area contributed by atoms with E-state index in [1.54, 1.807) is 0 Å². The third kappa shape index (κ3) is 2.64. The van der Waals surface area contributed by atoms with Crippen LogP contribution in [0.2, 0.25) is 0 Å². The maximum atomic E-state index is 6.36. The zero-order valence-electron chi connectivity index (χ0n) is 9.96. The molecule has 0 amide bonds. The molecule has 0 saturated carbocycles. The van der Waals surface area contributed by atoms with Gasteiger partial charge in [-0.3, -0.25) is 0 Å². The molecule has 0 radical (unpaired) electrons. The highest BCUT2D eigenvalue weighted by atomic mass is 35.5. The highest BCUT2D eigenvalue weighted by Crippen LogP contribution is 2.35. The van der Waals surface area contributed by atoms with Crippen molar-refractivity contribution in [2.45, 2.75) is 58.6 Å². The second-order valence-corrected chi connectivity index (χ2v) is 5.80. The Kier molecular flexibility index (Phi) is 4.27. The topological polar surface area (TPSA) is 9.23 Å². The number of ether oxygens (including phenoxy) is 1. The van der Waals surface area contributed by atoms with Gasteiger partial charge >= 0.3 is 0 Å². The number of rotatable bonds is 2. The molecule has 0 aromatic heterocycles. The summed E-state index contributed by atoms with van der Waals surface area (Å²) in [4.78, 5) is 0. The van der Waals surface area contributed by atoms with E-state index in [4.69, 9.17) is 16.3 Å². The first-order valence-electron chi connectivity index (χ1n) is 5.73. The molecule has 1 fully saturated rings. The van der Waals surface area contributed by atoms with Gasteiger partial charge in [-0.1, -0.05) is 34.6 Å². The van der Waals surface area contributed by atoms with E-state index in [9.17, 15) is 0 Å². The second kappa shape index (κ2) is 4.85. The average molecular weight is 219 g/mol. The molecule has 0 aliphatic carbocycles. The minimum absolute atomic E-state index is 0.281. The molecule has 1 heterocycles. The number of halogens is 1. The van der Waals surface area contributed by atoms with E-state index in [1.807, 2.05) is 0 Å². The summed E-state index contributed by atoms with van der Waals surface area (Å²) in [7, 11) is 0. The summed E-state index contributed by atoms with van der Waals surface area (Å²) >= 11 is 6.36. The van der Waals surface area contributed by atoms with Crippen molar-refractivity contribution in [3.05, 3.63) is 0 Å². The Labute approximate surface area is 93.2 Å². The van der Waals surface area contributed by atoms with Gasteiger partial charge in [-0.05, 0) is 24.2 Å². The van der Waals surface area contributed by atoms with Crippen molar-refractivity contribution in [2.24, 2.45) is 17.8 Å². The van der Waals surface area contributed by atoms with Crippen LogP contribution in [0.5, 0.6) is 0 Å². The maximum absolute atomic E-state index is 6.36. The molecular formula is C12H23ClO. The minimum Gasteiger partial charge on any atom is -0.374 e. The first kappa shape index (κ1) is 12.3. The smallest absolute Gasteiger partial charge is 0.0641 e. The summed E-state index contributed by atoms with van der Waals surface area (Å²) in [5, 5.41) is 0.281. The standard InChI is InChI=1S/C12H23ClO/c1-7(2)11-6-10(13)9(5)12(14-11)8(3)4/h7-12H,6H2,1-5H3. The number of alkyl halides is 1. The molecule has 4 unspecified atom stereocenters. The summed E-state index contributed by atoms with van der Waals surface area (Å²) in [5.41, 5.74) is 0. The van der Waals surface area contributed by atoms with Gasteiger partial charge in [0.25, 0.3) is 0 Å². The van der Waals surface area contributed by atoms with Gasteiger partial charge in [0.1, 0.15) is 0 Å². The van der Waals surface area contributed by atoms with Gasteiger partial charge in [0, 0.05) is 5.38 Å². The zero-order chi connectivity index (χ0) is 10.9. The van der Waals surface area contributed by atoms with E-state index in [0.717, 1.165) is 6.42 Å². The van der Waals surface area contributed by atoms with Crippen LogP contribution in [-0.2, 0) is 4.74 Å². The van der Waals surface area contributed by atoms with Gasteiger partial charge < -0.3 is 4.74 Å². The van der Waals surface area contributed by atoms with Crippen LogP contribution in [0.25, 0.3) is 0 Å². The third-order valence-corrected chi connectivity index (χ3v) is 3.85. The largest absolute Gasteiger partial charge is 0.374 e. The molecule has 84 valence electrons. The quantitative estimate of drug-likeness (QED) is 0.643. The average Bonchev–Trinajstić information content (AvgIpc) is 2.08. The van der Waals surface area contributed by atoms with E-state index in [0.29, 0.717) is 30.0 Å². The Hall–Kier alpha value is 0.250. The lowest BCUT2D eigenvalue weighted by Crippen LogP contribution is -2.45. The van der Waals surface area contributed by atoms with Crippen molar-refractivity contribution in [1.82, 2.24) is 0 Å². The summed E-state index contributed by atoms with van der Waals surface area (Å²) in [6.45, 7) is 11.1. The Bertz CT molecular complexity index is 179. The van der Waals surface area contributed by atoms with Crippen LogP contribution in [0.1, 0.15) is 41.0 Å². The normalized spacial score (nSPS) is 39.4. The van der Waals surface area contributed by atoms with Gasteiger partial charge in [0.05, 0.1) is 12.2 Å². The highest BCUT2D eigenvalue weighted by Gasteiger charge is 2.37. The predicted molar refractivity (Wildman–Crippen MR) is 61.8 cm³/mol. The Morgan fingerprint density at radius 3 is 2.14 bits per heavy atom. The number of hydrogen-bond donors (Lipinski definition) is 0. The molecule has 1 nitrogen and oxygen atoms in total. The van der Waals surface area contributed by atoms with Crippen LogP contribution in [0, 0.1) is 17.8 Å². The van der Waals surface area contributed by atoms with E-state index < -0.39 is 0 Å². The first-order valence-corrected chi connectivity index (χ1v) is 6.16. The Morgan fingerprint density at radius 2 is 1.71 bits per heavy atom. The SMILES string of the molecule is CC(C)C1CC(Cl)C(C)C(C(C)C)O1. The fraction of sp³-hybridized carbons (Fsp3) is 1.00. The zero-order valence-corrected chi connectivity index (χ0v) is 10.7. The van der Waals surface area contributed by atoms with Gasteiger partial charge in [-0.25, -0.2) is 0 Å². The lowest BCUT2D eigenvalue weighted by atomic mass is 9.84. The summed E-state index contributed by atoms with van der Waals surface area (Å²) < 4.78 is 6.11. The maximum Gasteiger partial charge on any atom is 0.0641 e. The van der Waals surface area contributed by atoms with E-state index >= 15 is 0 Å². The van der Waals surface area contributed by atoms with Crippen LogP contribution in [0.3, 0.4) is 0 Å². The van der Waals surface area contributed by atoms with Crippen LogP contribution >= 0.6 is 11.6 Å². The van der Waals surface area contributed by atoms with Crippen LogP contribution in [-0.4, -0.2) is 17.6 Å². The van der Waals surface area contributed by atoms with Crippen molar-refractivity contribution in [1.29, 1.82) is 0 Å². The minimum atomic E-state index is 0.281. The highest BCUT2D eigenvalue weighted by molar-refractivity contribution is 6.20. The van der Waals surface area contributed by atoms with Crippen molar-refractivity contribution < 1.29 is 4.74 Å². The molecular weight excluding hydrogens is 196 g/mol. The van der Waals surface area contributed by atoms with E-state index in [1.165, 1.54) is 0 Å². The monoisotopic (exact) mass is 218 g/mol. The Morgan fingerprint density at radius 1 is 1.14 bits per heavy atom. The lowest BCUT2D eigenvalue weighted by molar-refractivity contribution is -0.114. The molecule has 0 aromatic rings. The summed E-state index contributed by atoms with van der Waals surface area (Å²) in [6.07, 6.45) is 1.68. The van der Waals surface area contributed by atoms with Gasteiger partial charge in [0.15, 0.2) is 0 Å². The number of hydrogen-bond acceptors (Lipinski definition) is 1. The molecule has 1 saturated heterocycles. The molecule has 0 aromatic carbocycles. The summed E-state index contributed by atoms with van der Waals surface area (Å²) in [5.74, 6) is 1.62. The Balaban J connectivity index is 2.66. The molecule has 0 spiro atoms. The third-order valence-electron chi connectivity index (χ3n) is 3.28. The molecule has 2 heteroatoms. The second-order valence-electron chi connectivity index (χ2n) is 5.24. The fourth-order valence-corrected chi connectivity index (χ4v) is 2.54.